The van der Waals surface area contributed by atoms with Gasteiger partial charge in [-0.1, -0.05) is 12.1 Å². The minimum absolute atomic E-state index is 0.0276. The number of carbonyl (C=O) groups excluding carboxylic acids is 1. The lowest BCUT2D eigenvalue weighted by atomic mass is 10.2. The third kappa shape index (κ3) is 6.84. The number of phenols is 1. The molecule has 2 heterocycles. The summed E-state index contributed by atoms with van der Waals surface area (Å²) in [6, 6.07) is 12.8. The summed E-state index contributed by atoms with van der Waals surface area (Å²) < 4.78 is 65.3. The van der Waals surface area contributed by atoms with E-state index in [0.29, 0.717) is 17.9 Å². The molecule has 4 N–H and O–H groups in total. The Morgan fingerprint density at radius 3 is 2.21 bits per heavy atom. The molecule has 3 aromatic carbocycles. The summed E-state index contributed by atoms with van der Waals surface area (Å²) in [6.07, 6.45) is 0. The predicted octanol–water partition coefficient (Wildman–Crippen LogP) is 5.61. The van der Waals surface area contributed by atoms with E-state index in [1.54, 1.807) is 25.1 Å². The van der Waals surface area contributed by atoms with Gasteiger partial charge in [0.05, 0.1) is 32.9 Å². The van der Waals surface area contributed by atoms with Gasteiger partial charge in [0.1, 0.15) is 17.4 Å². The molecule has 0 spiro atoms. The monoisotopic (exact) mass is 663 g/mol. The van der Waals surface area contributed by atoms with Gasteiger partial charge in [0, 0.05) is 24.7 Å². The SMILES string of the molecule is CCOC(=O)c1cc(OC)c(Oc2c(F)c(Oc3cccc(C4=NCCN4C)c3)nc(Oc3cc(C(=N)N)ccc3O)c2F)c(OC)c1. The van der Waals surface area contributed by atoms with Gasteiger partial charge in [-0.05, 0) is 49.4 Å². The average Bonchev–Trinajstić information content (AvgIpc) is 3.51. The van der Waals surface area contributed by atoms with Crippen molar-refractivity contribution in [3.63, 3.8) is 0 Å². The topological polar surface area (TPSA) is 171 Å². The molecule has 0 saturated heterocycles. The third-order valence-corrected chi connectivity index (χ3v) is 7.00. The number of nitrogens with zero attached hydrogens (tertiary/aromatic N) is 3. The fourth-order valence-electron chi connectivity index (χ4n) is 4.64. The number of hydrogen-bond donors (Lipinski definition) is 3. The number of hydrogen-bond acceptors (Lipinski definition) is 12. The summed E-state index contributed by atoms with van der Waals surface area (Å²) in [5.41, 5.74) is 6.42. The molecule has 0 bridgehead atoms. The van der Waals surface area contributed by atoms with Crippen LogP contribution < -0.4 is 29.4 Å². The third-order valence-electron chi connectivity index (χ3n) is 7.00. The molecule has 0 amide bonds. The first-order valence-electron chi connectivity index (χ1n) is 14.4. The summed E-state index contributed by atoms with van der Waals surface area (Å²) >= 11 is 0. The van der Waals surface area contributed by atoms with Crippen molar-refractivity contribution in [2.45, 2.75) is 6.92 Å². The van der Waals surface area contributed by atoms with Gasteiger partial charge >= 0.3 is 5.97 Å². The number of pyridine rings is 1. The number of likely N-dealkylation sites (N-methyl/N-ethyl adjacent to an activating group) is 1. The normalized spacial score (nSPS) is 12.3. The van der Waals surface area contributed by atoms with Crippen molar-refractivity contribution in [2.24, 2.45) is 10.7 Å². The predicted molar refractivity (Wildman–Crippen MR) is 169 cm³/mol. The van der Waals surface area contributed by atoms with E-state index in [1.807, 2.05) is 11.9 Å². The number of nitrogen functional groups attached to an aromatic ring is 1. The molecule has 1 aromatic heterocycles. The van der Waals surface area contributed by atoms with E-state index in [-0.39, 0.29) is 52.3 Å². The van der Waals surface area contributed by atoms with Crippen molar-refractivity contribution < 1.29 is 47.1 Å². The maximum absolute atomic E-state index is 16.2. The minimum Gasteiger partial charge on any atom is -0.504 e. The Labute approximate surface area is 273 Å². The first-order valence-corrected chi connectivity index (χ1v) is 14.4. The van der Waals surface area contributed by atoms with Crippen LogP contribution in [0.3, 0.4) is 0 Å². The molecule has 13 nitrogen and oxygen atoms in total. The number of benzene rings is 3. The van der Waals surface area contributed by atoms with Crippen molar-refractivity contribution in [3.05, 3.63) is 82.9 Å². The largest absolute Gasteiger partial charge is 0.504 e. The molecule has 0 atom stereocenters. The number of nitrogens with two attached hydrogens (primary N) is 1. The second kappa shape index (κ2) is 14.1. The number of rotatable bonds is 12. The van der Waals surface area contributed by atoms with Gasteiger partial charge in [0.25, 0.3) is 11.8 Å². The van der Waals surface area contributed by atoms with Gasteiger partial charge in [-0.2, -0.15) is 13.8 Å². The van der Waals surface area contributed by atoms with Crippen LogP contribution in [0.4, 0.5) is 8.78 Å². The molecule has 4 aromatic rings. The molecule has 0 fully saturated rings. The van der Waals surface area contributed by atoms with Gasteiger partial charge in [-0.25, -0.2) is 4.79 Å². The van der Waals surface area contributed by atoms with E-state index in [0.717, 1.165) is 6.54 Å². The number of aromatic nitrogens is 1. The van der Waals surface area contributed by atoms with E-state index in [9.17, 15) is 9.90 Å². The van der Waals surface area contributed by atoms with Gasteiger partial charge < -0.3 is 44.2 Å². The van der Waals surface area contributed by atoms with Crippen molar-refractivity contribution >= 4 is 17.6 Å². The number of ether oxygens (including phenoxy) is 6. The minimum atomic E-state index is -1.44. The fourth-order valence-corrected chi connectivity index (χ4v) is 4.64. The number of aromatic hydroxyl groups is 1. The number of esters is 1. The fraction of sp³-hybridized carbons (Fsp3) is 0.212. The summed E-state index contributed by atoms with van der Waals surface area (Å²) in [5, 5.41) is 18.1. The van der Waals surface area contributed by atoms with Crippen molar-refractivity contribution in [3.8, 4) is 52.0 Å². The zero-order valence-electron chi connectivity index (χ0n) is 26.3. The van der Waals surface area contributed by atoms with E-state index in [1.165, 1.54) is 50.6 Å². The standard InChI is InChI=1S/C33H31F2N5O8/c1-5-45-33(42)19-15-23(43-3)27(24(16-19)44-4)48-28-25(34)31(46-20-8-6-7-18(13-20)30-38-11-12-40(30)2)39-32(26(28)35)47-22-14-17(29(36)37)9-10-21(22)41/h6-10,13-16,41H,5,11-12H2,1-4H3,(H3,36,37). The van der Waals surface area contributed by atoms with Crippen LogP contribution >= 0.6 is 0 Å². The van der Waals surface area contributed by atoms with Gasteiger partial charge in [0.15, 0.2) is 23.0 Å². The molecule has 250 valence electrons. The van der Waals surface area contributed by atoms with Crippen LogP contribution in [0.15, 0.2) is 59.6 Å². The van der Waals surface area contributed by atoms with E-state index >= 15 is 8.78 Å². The Bertz CT molecular complexity index is 1890. The molecule has 1 aliphatic rings. The van der Waals surface area contributed by atoms with Crippen LogP contribution in [0.1, 0.15) is 28.4 Å². The van der Waals surface area contributed by atoms with Crippen LogP contribution in [0.25, 0.3) is 0 Å². The van der Waals surface area contributed by atoms with Gasteiger partial charge in [0.2, 0.25) is 23.1 Å². The Balaban J connectivity index is 1.63. The second-order valence-corrected chi connectivity index (χ2v) is 10.2. The first-order chi connectivity index (χ1) is 23.0. The number of methoxy groups -OCH3 is 2. The summed E-state index contributed by atoms with van der Waals surface area (Å²) in [4.78, 5) is 22.8. The maximum atomic E-state index is 16.2. The lowest BCUT2D eigenvalue weighted by Gasteiger charge is -2.18. The Kier molecular flexibility index (Phi) is 9.77. The molecule has 0 aliphatic carbocycles. The highest BCUT2D eigenvalue weighted by Crippen LogP contribution is 2.46. The second-order valence-electron chi connectivity index (χ2n) is 10.2. The van der Waals surface area contributed by atoms with Gasteiger partial charge in [-0.15, -0.1) is 0 Å². The van der Waals surface area contributed by atoms with E-state index < -0.39 is 40.9 Å². The average molecular weight is 664 g/mol. The lowest BCUT2D eigenvalue weighted by molar-refractivity contribution is 0.0525. The maximum Gasteiger partial charge on any atom is 0.338 e. The summed E-state index contributed by atoms with van der Waals surface area (Å²) in [6.45, 7) is 3.06. The Hall–Kier alpha value is -6.12. The Morgan fingerprint density at radius 2 is 1.60 bits per heavy atom. The Morgan fingerprint density at radius 1 is 0.938 bits per heavy atom. The number of carbonyl (C=O) groups is 1. The lowest BCUT2D eigenvalue weighted by Crippen LogP contribution is -2.23. The van der Waals surface area contributed by atoms with E-state index in [4.69, 9.17) is 39.6 Å². The molecule has 0 radical (unpaired) electrons. The molecule has 5 rings (SSSR count). The number of nitrogens with one attached hydrogen (secondary N) is 1. The van der Waals surface area contributed by atoms with E-state index in [2.05, 4.69) is 9.98 Å². The number of halogens is 2. The highest BCUT2D eigenvalue weighted by Gasteiger charge is 2.29. The first kappa shape index (κ1) is 33.2. The smallest absolute Gasteiger partial charge is 0.338 e. The number of aliphatic imine (C=N–C) groups is 1. The number of phenolic OH excluding ortho intramolecular Hbond substituents is 1. The molecule has 1 aliphatic heterocycles. The molecular formula is C33H31F2N5O8. The quantitative estimate of drug-likeness (QED) is 0.0977. The summed E-state index contributed by atoms with van der Waals surface area (Å²) in [7, 11) is 4.39. The molecule has 15 heteroatoms. The molecular weight excluding hydrogens is 632 g/mol. The zero-order chi connectivity index (χ0) is 34.5. The summed E-state index contributed by atoms with van der Waals surface area (Å²) in [5.74, 6) is -7.08. The molecule has 48 heavy (non-hydrogen) atoms. The molecule has 0 saturated carbocycles. The number of amidine groups is 2. The van der Waals surface area contributed by atoms with Crippen molar-refractivity contribution in [1.29, 1.82) is 5.41 Å². The van der Waals surface area contributed by atoms with Crippen molar-refractivity contribution in [2.75, 3.05) is 41.0 Å². The zero-order valence-corrected chi connectivity index (χ0v) is 26.3. The van der Waals surface area contributed by atoms with Crippen LogP contribution in [-0.4, -0.2) is 73.6 Å². The highest BCUT2D eigenvalue weighted by molar-refractivity contribution is 6.00. The van der Waals surface area contributed by atoms with Crippen molar-refractivity contribution in [1.82, 2.24) is 9.88 Å². The van der Waals surface area contributed by atoms with Gasteiger partial charge in [-0.3, -0.25) is 10.4 Å². The van der Waals surface area contributed by atoms with Crippen LogP contribution in [0, 0.1) is 17.0 Å². The molecule has 0 unspecified atom stereocenters. The van der Waals surface area contributed by atoms with Crippen LogP contribution in [0.2, 0.25) is 0 Å². The van der Waals surface area contributed by atoms with Crippen LogP contribution in [-0.2, 0) is 4.74 Å². The van der Waals surface area contributed by atoms with Crippen LogP contribution in [0.5, 0.6) is 52.0 Å². The highest BCUT2D eigenvalue weighted by atomic mass is 19.1.